The molecule has 1 aliphatic rings. The average molecular weight is 565 g/mol. The summed E-state index contributed by atoms with van der Waals surface area (Å²) < 4.78 is 3.02. The quantitative estimate of drug-likeness (QED) is 0.224. The number of pyridine rings is 1. The molecule has 5 heterocycles. The van der Waals surface area contributed by atoms with Crippen LogP contribution >= 0.6 is 23.1 Å². The van der Waals surface area contributed by atoms with E-state index in [4.69, 9.17) is 10.1 Å². The van der Waals surface area contributed by atoms with Crippen molar-refractivity contribution in [2.24, 2.45) is 0 Å². The topological polar surface area (TPSA) is 87.9 Å². The number of hydrogen-bond donors (Lipinski definition) is 1. The smallest absolute Gasteiger partial charge is 0.214 e. The highest BCUT2D eigenvalue weighted by Gasteiger charge is 2.24. The molecule has 1 fully saturated rings. The summed E-state index contributed by atoms with van der Waals surface area (Å²) in [6, 6.07) is 25.1. The van der Waals surface area contributed by atoms with Crippen molar-refractivity contribution in [3.8, 4) is 34.0 Å². The first kappa shape index (κ1) is 25.1. The molecule has 1 N–H and O–H groups in total. The van der Waals surface area contributed by atoms with Crippen LogP contribution in [0.4, 0.5) is 0 Å². The van der Waals surface area contributed by atoms with Gasteiger partial charge in [-0.05, 0) is 49.9 Å². The van der Waals surface area contributed by atoms with E-state index in [0.717, 1.165) is 81.6 Å². The molecule has 7 rings (SSSR count). The zero-order valence-corrected chi connectivity index (χ0v) is 23.7. The minimum absolute atomic E-state index is 0.397. The molecular weight excluding hydrogens is 537 g/mol. The van der Waals surface area contributed by atoms with Gasteiger partial charge in [0, 0.05) is 29.8 Å². The van der Waals surface area contributed by atoms with Crippen molar-refractivity contribution in [1.82, 2.24) is 39.7 Å². The largest absolute Gasteiger partial charge is 0.323 e. The van der Waals surface area contributed by atoms with Gasteiger partial charge in [-0.3, -0.25) is 9.88 Å². The Morgan fingerprint density at radius 2 is 1.73 bits per heavy atom. The van der Waals surface area contributed by atoms with Crippen molar-refractivity contribution in [3.63, 3.8) is 0 Å². The highest BCUT2D eigenvalue weighted by Crippen LogP contribution is 2.36. The Morgan fingerprint density at radius 3 is 2.48 bits per heavy atom. The lowest BCUT2D eigenvalue weighted by molar-refractivity contribution is 0.202. The summed E-state index contributed by atoms with van der Waals surface area (Å²) in [4.78, 5) is 16.2. The van der Waals surface area contributed by atoms with Gasteiger partial charge < -0.3 is 4.98 Å². The number of thioether (sulfide) groups is 1. The first-order valence-electron chi connectivity index (χ1n) is 13.4. The van der Waals surface area contributed by atoms with Crippen LogP contribution in [0.2, 0.25) is 0 Å². The summed E-state index contributed by atoms with van der Waals surface area (Å²) in [5.41, 5.74) is 6.38. The second-order valence-electron chi connectivity index (χ2n) is 9.96. The Hall–Kier alpha value is -3.86. The van der Waals surface area contributed by atoms with E-state index in [0.29, 0.717) is 5.92 Å². The number of nitrogens with one attached hydrogen (secondary N) is 1. The lowest BCUT2D eigenvalue weighted by Gasteiger charge is -2.30. The fourth-order valence-corrected chi connectivity index (χ4v) is 6.69. The first-order chi connectivity index (χ1) is 19.7. The lowest BCUT2D eigenvalue weighted by Crippen LogP contribution is -2.32. The van der Waals surface area contributed by atoms with Gasteiger partial charge >= 0.3 is 0 Å². The molecule has 8 nitrogen and oxygen atoms in total. The number of likely N-dealkylation sites (tertiary alicyclic amines) is 1. The normalized spacial score (nSPS) is 14.7. The third-order valence-corrected chi connectivity index (χ3v) is 9.31. The number of aromatic amines is 1. The molecule has 4 aromatic heterocycles. The molecular formula is C30H28N8S2. The highest BCUT2D eigenvalue weighted by atomic mass is 32.2. The molecule has 1 aliphatic heterocycles. The van der Waals surface area contributed by atoms with Crippen LogP contribution in [0.15, 0.2) is 83.3 Å². The minimum atomic E-state index is 0.397. The van der Waals surface area contributed by atoms with Gasteiger partial charge in [-0.15, -0.1) is 15.3 Å². The van der Waals surface area contributed by atoms with Crippen LogP contribution in [0.3, 0.4) is 0 Å². The summed E-state index contributed by atoms with van der Waals surface area (Å²) in [5, 5.41) is 13.6. The molecule has 10 heteroatoms. The number of benzene rings is 2. The molecule has 6 aromatic rings. The van der Waals surface area contributed by atoms with Crippen LogP contribution in [-0.4, -0.2) is 59.0 Å². The minimum Gasteiger partial charge on any atom is -0.323 e. The number of nitrogens with zero attached hydrogens (tertiary/aromatic N) is 7. The maximum atomic E-state index is 4.98. The van der Waals surface area contributed by atoms with E-state index in [1.165, 1.54) is 5.56 Å². The van der Waals surface area contributed by atoms with Crippen molar-refractivity contribution in [2.45, 2.75) is 29.6 Å². The van der Waals surface area contributed by atoms with Crippen molar-refractivity contribution in [3.05, 3.63) is 90.4 Å². The SMILES string of the molecule is CSc1nn2c(-c3ccc(CN4CCC(c5nnc(-c6ccccn6)[nH]5)CC4)cc3)c(-c3ccccc3)nc2s1. The van der Waals surface area contributed by atoms with E-state index >= 15 is 0 Å². The predicted molar refractivity (Wildman–Crippen MR) is 160 cm³/mol. The molecule has 0 radical (unpaired) electrons. The van der Waals surface area contributed by atoms with Gasteiger partial charge in [-0.25, -0.2) is 9.50 Å². The summed E-state index contributed by atoms with van der Waals surface area (Å²) in [5.74, 6) is 2.11. The van der Waals surface area contributed by atoms with Crippen molar-refractivity contribution >= 4 is 28.1 Å². The number of aromatic nitrogens is 7. The van der Waals surface area contributed by atoms with Crippen LogP contribution < -0.4 is 0 Å². The van der Waals surface area contributed by atoms with E-state index in [1.807, 2.05) is 28.8 Å². The van der Waals surface area contributed by atoms with Crippen LogP contribution in [0, 0.1) is 0 Å². The molecule has 1 saturated heterocycles. The van der Waals surface area contributed by atoms with Gasteiger partial charge in [0.2, 0.25) is 4.96 Å². The maximum absolute atomic E-state index is 4.98. The Bertz CT molecular complexity index is 1720. The predicted octanol–water partition coefficient (Wildman–Crippen LogP) is 6.41. The summed E-state index contributed by atoms with van der Waals surface area (Å²) in [6.07, 6.45) is 5.95. The van der Waals surface area contributed by atoms with Crippen molar-refractivity contribution < 1.29 is 0 Å². The molecule has 40 heavy (non-hydrogen) atoms. The van der Waals surface area contributed by atoms with E-state index in [1.54, 1.807) is 29.3 Å². The lowest BCUT2D eigenvalue weighted by atomic mass is 9.95. The van der Waals surface area contributed by atoms with E-state index in [-0.39, 0.29) is 0 Å². The monoisotopic (exact) mass is 564 g/mol. The Morgan fingerprint density at radius 1 is 0.925 bits per heavy atom. The number of piperidine rings is 1. The Balaban J connectivity index is 1.05. The van der Waals surface area contributed by atoms with Crippen LogP contribution in [0.1, 0.15) is 30.1 Å². The van der Waals surface area contributed by atoms with Gasteiger partial charge in [0.05, 0.1) is 0 Å². The first-order valence-corrected chi connectivity index (χ1v) is 15.4. The fraction of sp³-hybridized carbons (Fsp3) is 0.233. The molecule has 0 spiro atoms. The number of fused-ring (bicyclic) bond motifs is 1. The van der Waals surface area contributed by atoms with Gasteiger partial charge in [0.25, 0.3) is 0 Å². The van der Waals surface area contributed by atoms with Gasteiger partial charge in [0.1, 0.15) is 22.9 Å². The summed E-state index contributed by atoms with van der Waals surface area (Å²) >= 11 is 3.28. The number of imidazole rings is 1. The van der Waals surface area contributed by atoms with Crippen LogP contribution in [0.5, 0.6) is 0 Å². The third kappa shape index (κ3) is 4.94. The highest BCUT2D eigenvalue weighted by molar-refractivity contribution is 8.00. The molecule has 0 unspecified atom stereocenters. The third-order valence-electron chi connectivity index (χ3n) is 7.43. The second kappa shape index (κ2) is 11.0. The van der Waals surface area contributed by atoms with Crippen molar-refractivity contribution in [2.75, 3.05) is 19.3 Å². The maximum Gasteiger partial charge on any atom is 0.214 e. The number of H-pyrrole nitrogens is 1. The van der Waals surface area contributed by atoms with Gasteiger partial charge in [0.15, 0.2) is 10.2 Å². The molecule has 2 aromatic carbocycles. The van der Waals surface area contributed by atoms with E-state index in [9.17, 15) is 0 Å². The number of hydrogen-bond acceptors (Lipinski definition) is 8. The molecule has 200 valence electrons. The standard InChI is InChI=1S/C30H28N8S2/c1-39-30-36-38-26(25(32-29(38)40-30)21-7-3-2-4-8-21)22-12-10-20(11-13-22)19-37-17-14-23(15-18-37)27-33-28(35-34-27)24-9-5-6-16-31-24/h2-13,16,23H,14-15,17-19H2,1H3,(H,33,34,35). The summed E-state index contributed by atoms with van der Waals surface area (Å²) in [7, 11) is 0. The van der Waals surface area contributed by atoms with Crippen LogP contribution in [0.25, 0.3) is 39.0 Å². The number of rotatable bonds is 7. The zero-order valence-electron chi connectivity index (χ0n) is 22.1. The van der Waals surface area contributed by atoms with Gasteiger partial charge in [-0.1, -0.05) is 83.8 Å². The van der Waals surface area contributed by atoms with E-state index < -0.39 is 0 Å². The Labute approximate surface area is 240 Å². The van der Waals surface area contributed by atoms with E-state index in [2.05, 4.69) is 79.9 Å². The van der Waals surface area contributed by atoms with Gasteiger partial charge in [-0.2, -0.15) is 0 Å². The molecule has 0 amide bonds. The zero-order chi connectivity index (χ0) is 26.9. The fourth-order valence-electron chi connectivity index (χ4n) is 5.34. The summed E-state index contributed by atoms with van der Waals surface area (Å²) in [6.45, 7) is 3.00. The Kier molecular flexibility index (Phi) is 6.88. The second-order valence-corrected chi connectivity index (χ2v) is 12.0. The van der Waals surface area contributed by atoms with Crippen LogP contribution in [-0.2, 0) is 6.54 Å². The molecule has 0 atom stereocenters. The van der Waals surface area contributed by atoms with Crippen molar-refractivity contribution in [1.29, 1.82) is 0 Å². The average Bonchev–Trinajstić information content (AvgIpc) is 3.74. The molecule has 0 aliphatic carbocycles. The molecule has 0 bridgehead atoms. The molecule has 0 saturated carbocycles.